The van der Waals surface area contributed by atoms with E-state index in [0.29, 0.717) is 11.4 Å². The van der Waals surface area contributed by atoms with Crippen molar-refractivity contribution < 1.29 is 19.4 Å². The molecule has 1 unspecified atom stereocenters. The summed E-state index contributed by atoms with van der Waals surface area (Å²) in [7, 11) is 1.48. The number of terminal acetylenes is 1. The second kappa shape index (κ2) is 7.04. The number of hydrogen-bond donors (Lipinski definition) is 3. The van der Waals surface area contributed by atoms with Crippen LogP contribution in [0.4, 0.5) is 10.5 Å². The summed E-state index contributed by atoms with van der Waals surface area (Å²) in [5.74, 6) is 1.50. The fraction of sp³-hybridized carbons (Fsp3) is 0.286. The summed E-state index contributed by atoms with van der Waals surface area (Å²) in [5.41, 5.74) is 1.38. The maximum Gasteiger partial charge on any atom is 0.327 e. The Kier molecular flexibility index (Phi) is 5.42. The first-order valence-corrected chi connectivity index (χ1v) is 5.86. The first-order valence-electron chi connectivity index (χ1n) is 5.86. The van der Waals surface area contributed by atoms with Gasteiger partial charge in [0.15, 0.2) is 0 Å². The quantitative estimate of drug-likeness (QED) is 0.713. The van der Waals surface area contributed by atoms with E-state index in [4.69, 9.17) is 16.3 Å². The number of methoxy groups -OCH3 is 1. The molecule has 0 aliphatic rings. The normalized spacial score (nSPS) is 11.1. The Labute approximate surface area is 117 Å². The Balaban J connectivity index is 2.78. The van der Waals surface area contributed by atoms with Crippen molar-refractivity contribution in [2.45, 2.75) is 19.4 Å². The average molecular weight is 276 g/mol. The molecule has 0 aliphatic heterocycles. The van der Waals surface area contributed by atoms with Gasteiger partial charge in [0, 0.05) is 6.42 Å². The van der Waals surface area contributed by atoms with Crippen LogP contribution in [0.2, 0.25) is 0 Å². The highest BCUT2D eigenvalue weighted by Crippen LogP contribution is 2.24. The van der Waals surface area contributed by atoms with E-state index >= 15 is 0 Å². The minimum absolute atomic E-state index is 0.0896. The van der Waals surface area contributed by atoms with Gasteiger partial charge in [-0.15, -0.1) is 12.3 Å². The van der Waals surface area contributed by atoms with Gasteiger partial charge in [-0.25, -0.2) is 9.59 Å². The number of carboxylic acids is 1. The summed E-state index contributed by atoms with van der Waals surface area (Å²) in [5, 5.41) is 13.7. The molecule has 2 amide bonds. The van der Waals surface area contributed by atoms with E-state index < -0.39 is 18.0 Å². The Morgan fingerprint density at radius 1 is 1.50 bits per heavy atom. The number of rotatable bonds is 5. The number of anilines is 1. The number of carbonyl (C=O) groups excluding carboxylic acids is 1. The van der Waals surface area contributed by atoms with Crippen LogP contribution in [-0.4, -0.2) is 30.3 Å². The van der Waals surface area contributed by atoms with Crippen LogP contribution in [-0.2, 0) is 4.79 Å². The molecule has 0 saturated carbocycles. The van der Waals surface area contributed by atoms with Crippen LogP contribution >= 0.6 is 0 Å². The summed E-state index contributed by atoms with van der Waals surface area (Å²) in [4.78, 5) is 22.7. The standard InChI is InChI=1S/C14H16N2O4/c1-4-5-10(13(17)18)15-14(19)16-11-8-9(2)6-7-12(11)20-3/h1,6-8,10H,5H2,2-3H3,(H,17,18)(H2,15,16,19). The zero-order chi connectivity index (χ0) is 15.1. The van der Waals surface area contributed by atoms with Gasteiger partial charge in [0.2, 0.25) is 0 Å². The lowest BCUT2D eigenvalue weighted by Crippen LogP contribution is -2.42. The molecule has 1 atom stereocenters. The van der Waals surface area contributed by atoms with E-state index in [2.05, 4.69) is 16.6 Å². The molecule has 106 valence electrons. The topological polar surface area (TPSA) is 87.7 Å². The van der Waals surface area contributed by atoms with Crippen molar-refractivity contribution in [1.29, 1.82) is 0 Å². The predicted octanol–water partition coefficient (Wildman–Crippen LogP) is 1.60. The highest BCUT2D eigenvalue weighted by molar-refractivity contribution is 5.93. The van der Waals surface area contributed by atoms with Crippen molar-refractivity contribution in [2.24, 2.45) is 0 Å². The Morgan fingerprint density at radius 2 is 2.20 bits per heavy atom. The molecule has 1 rings (SSSR count). The van der Waals surface area contributed by atoms with Crippen molar-refractivity contribution >= 4 is 17.7 Å². The number of nitrogens with one attached hydrogen (secondary N) is 2. The molecule has 0 saturated heterocycles. The zero-order valence-corrected chi connectivity index (χ0v) is 11.3. The summed E-state index contributed by atoms with van der Waals surface area (Å²) in [6.45, 7) is 1.86. The van der Waals surface area contributed by atoms with Gasteiger partial charge in [0.25, 0.3) is 0 Å². The number of amides is 2. The highest BCUT2D eigenvalue weighted by atomic mass is 16.5. The molecule has 1 aromatic rings. The molecular formula is C14H16N2O4. The third-order valence-electron chi connectivity index (χ3n) is 2.53. The number of benzene rings is 1. The molecule has 1 aromatic carbocycles. The van der Waals surface area contributed by atoms with Crippen molar-refractivity contribution in [3.63, 3.8) is 0 Å². The van der Waals surface area contributed by atoms with E-state index in [1.165, 1.54) is 7.11 Å². The molecule has 3 N–H and O–H groups in total. The molecule has 0 heterocycles. The predicted molar refractivity (Wildman–Crippen MR) is 74.8 cm³/mol. The largest absolute Gasteiger partial charge is 0.495 e. The lowest BCUT2D eigenvalue weighted by molar-refractivity contribution is -0.139. The second-order valence-electron chi connectivity index (χ2n) is 4.10. The average Bonchev–Trinajstić information content (AvgIpc) is 2.38. The lowest BCUT2D eigenvalue weighted by atomic mass is 10.2. The molecule has 20 heavy (non-hydrogen) atoms. The first kappa shape index (κ1) is 15.4. The number of ether oxygens (including phenoxy) is 1. The van der Waals surface area contributed by atoms with Crippen LogP contribution in [0.1, 0.15) is 12.0 Å². The molecule has 6 heteroatoms. The van der Waals surface area contributed by atoms with Crippen molar-refractivity contribution in [1.82, 2.24) is 5.32 Å². The van der Waals surface area contributed by atoms with Crippen LogP contribution in [0, 0.1) is 19.3 Å². The van der Waals surface area contributed by atoms with E-state index in [0.717, 1.165) is 5.56 Å². The summed E-state index contributed by atoms with van der Waals surface area (Å²) >= 11 is 0. The lowest BCUT2D eigenvalue weighted by Gasteiger charge is -2.15. The summed E-state index contributed by atoms with van der Waals surface area (Å²) in [6.07, 6.45) is 4.97. The van der Waals surface area contributed by atoms with Crippen LogP contribution in [0.3, 0.4) is 0 Å². The Hall–Kier alpha value is -2.68. The van der Waals surface area contributed by atoms with Crippen LogP contribution in [0.5, 0.6) is 5.75 Å². The third kappa shape index (κ3) is 4.21. The maximum absolute atomic E-state index is 11.8. The van der Waals surface area contributed by atoms with Gasteiger partial charge in [-0.1, -0.05) is 6.07 Å². The van der Waals surface area contributed by atoms with Gasteiger partial charge in [0.05, 0.1) is 12.8 Å². The third-order valence-corrected chi connectivity index (χ3v) is 2.53. The number of hydrogen-bond acceptors (Lipinski definition) is 3. The van der Waals surface area contributed by atoms with E-state index in [-0.39, 0.29) is 6.42 Å². The number of carbonyl (C=O) groups is 2. The van der Waals surface area contributed by atoms with Gasteiger partial charge in [-0.2, -0.15) is 0 Å². The number of carboxylic acid groups (broad SMARTS) is 1. The van der Waals surface area contributed by atoms with Crippen LogP contribution < -0.4 is 15.4 Å². The van der Waals surface area contributed by atoms with Crippen LogP contribution in [0.25, 0.3) is 0 Å². The minimum atomic E-state index is -1.19. The monoisotopic (exact) mass is 276 g/mol. The molecule has 0 bridgehead atoms. The molecule has 0 aromatic heterocycles. The number of aliphatic carboxylic acids is 1. The SMILES string of the molecule is C#CCC(NC(=O)Nc1cc(C)ccc1OC)C(=O)O. The van der Waals surface area contributed by atoms with Gasteiger partial charge in [-0.05, 0) is 24.6 Å². The second-order valence-corrected chi connectivity index (χ2v) is 4.10. The summed E-state index contributed by atoms with van der Waals surface area (Å²) in [6, 6.07) is 3.48. The van der Waals surface area contributed by atoms with E-state index in [1.807, 2.05) is 13.0 Å². The Morgan fingerprint density at radius 3 is 2.75 bits per heavy atom. The van der Waals surface area contributed by atoms with Gasteiger partial charge < -0.3 is 20.5 Å². The number of aryl methyl sites for hydroxylation is 1. The molecule has 6 nitrogen and oxygen atoms in total. The Bertz CT molecular complexity index is 549. The van der Waals surface area contributed by atoms with Crippen molar-refractivity contribution in [3.05, 3.63) is 23.8 Å². The molecule has 0 fully saturated rings. The molecular weight excluding hydrogens is 260 g/mol. The maximum atomic E-state index is 11.8. The smallest absolute Gasteiger partial charge is 0.327 e. The van der Waals surface area contributed by atoms with Gasteiger partial charge in [0.1, 0.15) is 11.8 Å². The van der Waals surface area contributed by atoms with Crippen LogP contribution in [0.15, 0.2) is 18.2 Å². The van der Waals surface area contributed by atoms with Crippen molar-refractivity contribution in [3.8, 4) is 18.1 Å². The zero-order valence-electron chi connectivity index (χ0n) is 11.3. The first-order chi connectivity index (χ1) is 9.47. The highest BCUT2D eigenvalue weighted by Gasteiger charge is 2.19. The molecule has 0 aliphatic carbocycles. The van der Waals surface area contributed by atoms with E-state index in [9.17, 15) is 9.59 Å². The van der Waals surface area contributed by atoms with Gasteiger partial charge >= 0.3 is 12.0 Å². The summed E-state index contributed by atoms with van der Waals surface area (Å²) < 4.78 is 5.11. The fourth-order valence-electron chi connectivity index (χ4n) is 1.55. The van der Waals surface area contributed by atoms with Crippen molar-refractivity contribution in [2.75, 3.05) is 12.4 Å². The number of urea groups is 1. The minimum Gasteiger partial charge on any atom is -0.495 e. The van der Waals surface area contributed by atoms with Gasteiger partial charge in [-0.3, -0.25) is 0 Å². The fourth-order valence-corrected chi connectivity index (χ4v) is 1.55. The molecule has 0 spiro atoms. The molecule has 0 radical (unpaired) electrons. The van der Waals surface area contributed by atoms with E-state index in [1.54, 1.807) is 12.1 Å².